The molecule has 1 N–H and O–H groups in total. The van der Waals surface area contributed by atoms with E-state index in [-0.39, 0.29) is 4.90 Å². The van der Waals surface area contributed by atoms with E-state index in [1.165, 1.54) is 25.5 Å². The number of halogens is 1. The molecule has 0 spiro atoms. The summed E-state index contributed by atoms with van der Waals surface area (Å²) in [7, 11) is -2.14. The van der Waals surface area contributed by atoms with Crippen LogP contribution in [-0.2, 0) is 10.0 Å². The van der Waals surface area contributed by atoms with Crippen molar-refractivity contribution in [3.05, 3.63) is 58.1 Å². The molecule has 0 radical (unpaired) electrons. The van der Waals surface area contributed by atoms with Crippen LogP contribution in [0.25, 0.3) is 0 Å². The van der Waals surface area contributed by atoms with Gasteiger partial charge in [0.2, 0.25) is 0 Å². The van der Waals surface area contributed by atoms with Crippen LogP contribution in [0.1, 0.15) is 11.1 Å². The highest BCUT2D eigenvalue weighted by Crippen LogP contribution is 2.21. The number of sulfonamides is 1. The van der Waals surface area contributed by atoms with Crippen LogP contribution >= 0.6 is 15.9 Å². The number of hydrogen-bond acceptors (Lipinski definition) is 4. The van der Waals surface area contributed by atoms with Crippen LogP contribution < -0.4 is 9.57 Å². The Balaban J connectivity index is 2.18. The van der Waals surface area contributed by atoms with Gasteiger partial charge in [0.05, 0.1) is 18.2 Å². The fourth-order valence-electron chi connectivity index (χ4n) is 1.74. The van der Waals surface area contributed by atoms with Gasteiger partial charge in [-0.1, -0.05) is 33.6 Å². The summed E-state index contributed by atoms with van der Waals surface area (Å²) in [6.07, 6.45) is 1.40. The number of benzene rings is 2. The Morgan fingerprint density at radius 1 is 1.18 bits per heavy atom. The number of aryl methyl sites for hydroxylation is 1. The van der Waals surface area contributed by atoms with Crippen LogP contribution in [-0.4, -0.2) is 21.7 Å². The molecule has 2 rings (SSSR count). The van der Waals surface area contributed by atoms with Crippen molar-refractivity contribution >= 4 is 32.2 Å². The molecule has 2 aromatic carbocycles. The first kappa shape index (κ1) is 16.5. The summed E-state index contributed by atoms with van der Waals surface area (Å²) in [5.41, 5.74) is 1.64. The number of nitrogens with one attached hydrogen (secondary N) is 1. The number of rotatable bonds is 5. The van der Waals surface area contributed by atoms with Gasteiger partial charge in [-0.25, -0.2) is 4.83 Å². The predicted molar refractivity (Wildman–Crippen MR) is 89.8 cm³/mol. The quantitative estimate of drug-likeness (QED) is 0.638. The molecule has 0 bridgehead atoms. The molecule has 0 aliphatic rings. The van der Waals surface area contributed by atoms with Gasteiger partial charge in [0.15, 0.2) is 0 Å². The van der Waals surface area contributed by atoms with E-state index in [4.69, 9.17) is 4.74 Å². The molecular formula is C15H15BrN2O3S. The highest BCUT2D eigenvalue weighted by molar-refractivity contribution is 9.10. The van der Waals surface area contributed by atoms with Gasteiger partial charge in [0, 0.05) is 10.0 Å². The van der Waals surface area contributed by atoms with Crippen LogP contribution in [0.2, 0.25) is 0 Å². The normalized spacial score (nSPS) is 11.6. The van der Waals surface area contributed by atoms with Crippen LogP contribution in [0.4, 0.5) is 0 Å². The van der Waals surface area contributed by atoms with Crippen molar-refractivity contribution in [3.8, 4) is 5.75 Å². The lowest BCUT2D eigenvalue weighted by molar-refractivity contribution is 0.414. The molecular weight excluding hydrogens is 368 g/mol. The zero-order valence-electron chi connectivity index (χ0n) is 12.1. The minimum atomic E-state index is -3.68. The third kappa shape index (κ3) is 4.08. The highest BCUT2D eigenvalue weighted by Gasteiger charge is 2.12. The van der Waals surface area contributed by atoms with E-state index in [0.29, 0.717) is 11.3 Å². The summed E-state index contributed by atoms with van der Waals surface area (Å²) in [6, 6.07) is 11.9. The molecule has 0 aliphatic carbocycles. The van der Waals surface area contributed by atoms with E-state index in [2.05, 4.69) is 25.9 Å². The minimum absolute atomic E-state index is 0.163. The standard InChI is InChI=1S/C15H15BrN2O3S/c1-11-3-6-14(7-4-11)22(19,20)18-17-10-12-9-13(16)5-8-15(12)21-2/h3-10,18H,1-2H3. The number of nitrogens with zero attached hydrogens (tertiary/aromatic N) is 1. The fourth-order valence-corrected chi connectivity index (χ4v) is 2.91. The van der Waals surface area contributed by atoms with Crippen molar-refractivity contribution in [1.29, 1.82) is 0 Å². The van der Waals surface area contributed by atoms with Crippen LogP contribution in [0.15, 0.2) is 56.9 Å². The van der Waals surface area contributed by atoms with Crippen molar-refractivity contribution in [1.82, 2.24) is 4.83 Å². The van der Waals surface area contributed by atoms with Gasteiger partial charge < -0.3 is 4.74 Å². The second-order valence-electron chi connectivity index (χ2n) is 4.55. The average molecular weight is 383 g/mol. The van der Waals surface area contributed by atoms with Gasteiger partial charge in [0.25, 0.3) is 10.0 Å². The van der Waals surface area contributed by atoms with Crippen molar-refractivity contribution in [2.24, 2.45) is 5.10 Å². The first-order valence-corrected chi connectivity index (χ1v) is 8.65. The molecule has 0 aliphatic heterocycles. The van der Waals surface area contributed by atoms with Crippen LogP contribution in [0, 0.1) is 6.92 Å². The molecule has 5 nitrogen and oxygen atoms in total. The van der Waals surface area contributed by atoms with Crippen molar-refractivity contribution in [2.75, 3.05) is 7.11 Å². The molecule has 0 saturated carbocycles. The average Bonchev–Trinajstić information content (AvgIpc) is 2.48. The van der Waals surface area contributed by atoms with Gasteiger partial charge in [0.1, 0.15) is 5.75 Å². The molecule has 2 aromatic rings. The van der Waals surface area contributed by atoms with Crippen molar-refractivity contribution in [3.63, 3.8) is 0 Å². The molecule has 0 heterocycles. The lowest BCUT2D eigenvalue weighted by Crippen LogP contribution is -2.18. The molecule has 0 atom stereocenters. The maximum Gasteiger partial charge on any atom is 0.276 e. The van der Waals surface area contributed by atoms with Crippen LogP contribution in [0.3, 0.4) is 0 Å². The van der Waals surface area contributed by atoms with E-state index >= 15 is 0 Å². The number of ether oxygens (including phenoxy) is 1. The second kappa shape index (κ2) is 6.93. The summed E-state index contributed by atoms with van der Waals surface area (Å²) >= 11 is 3.34. The zero-order valence-corrected chi connectivity index (χ0v) is 14.5. The monoisotopic (exact) mass is 382 g/mol. The highest BCUT2D eigenvalue weighted by atomic mass is 79.9. The topological polar surface area (TPSA) is 67.8 Å². The Morgan fingerprint density at radius 2 is 1.86 bits per heavy atom. The largest absolute Gasteiger partial charge is 0.496 e. The summed E-state index contributed by atoms with van der Waals surface area (Å²) in [6.45, 7) is 1.89. The molecule has 0 saturated heterocycles. The molecule has 22 heavy (non-hydrogen) atoms. The predicted octanol–water partition coefficient (Wildman–Crippen LogP) is 3.08. The number of hydrazone groups is 1. The molecule has 116 valence electrons. The lowest BCUT2D eigenvalue weighted by atomic mass is 10.2. The second-order valence-corrected chi connectivity index (χ2v) is 7.13. The molecule has 7 heteroatoms. The van der Waals surface area contributed by atoms with E-state index in [1.54, 1.807) is 24.3 Å². The minimum Gasteiger partial charge on any atom is -0.496 e. The Kier molecular flexibility index (Phi) is 5.20. The van der Waals surface area contributed by atoms with Gasteiger partial charge in [-0.15, -0.1) is 0 Å². The molecule has 0 fully saturated rings. The first-order valence-electron chi connectivity index (χ1n) is 6.37. The summed E-state index contributed by atoms with van der Waals surface area (Å²) in [4.78, 5) is 2.35. The third-order valence-corrected chi connectivity index (χ3v) is 4.63. The van der Waals surface area contributed by atoms with E-state index in [9.17, 15) is 8.42 Å². The Bertz CT molecular complexity index is 787. The lowest BCUT2D eigenvalue weighted by Gasteiger charge is -2.06. The third-order valence-electron chi connectivity index (χ3n) is 2.90. The van der Waals surface area contributed by atoms with E-state index < -0.39 is 10.0 Å². The zero-order chi connectivity index (χ0) is 16.2. The van der Waals surface area contributed by atoms with Crippen molar-refractivity contribution < 1.29 is 13.2 Å². The van der Waals surface area contributed by atoms with Gasteiger partial charge in [-0.3, -0.25) is 0 Å². The molecule has 0 unspecified atom stereocenters. The SMILES string of the molecule is COc1ccc(Br)cc1C=NNS(=O)(=O)c1ccc(C)cc1. The smallest absolute Gasteiger partial charge is 0.276 e. The number of hydrogen-bond donors (Lipinski definition) is 1. The Labute approximate surface area is 138 Å². The van der Waals surface area contributed by atoms with E-state index in [0.717, 1.165) is 10.0 Å². The van der Waals surface area contributed by atoms with E-state index in [1.807, 2.05) is 13.0 Å². The van der Waals surface area contributed by atoms with Gasteiger partial charge in [-0.05, 0) is 37.3 Å². The number of methoxy groups -OCH3 is 1. The Hall–Kier alpha value is -1.86. The first-order chi connectivity index (χ1) is 10.4. The maximum atomic E-state index is 12.1. The fraction of sp³-hybridized carbons (Fsp3) is 0.133. The molecule has 0 aromatic heterocycles. The summed E-state index contributed by atoms with van der Waals surface area (Å²) < 4.78 is 30.2. The van der Waals surface area contributed by atoms with Crippen LogP contribution in [0.5, 0.6) is 5.75 Å². The van der Waals surface area contributed by atoms with Gasteiger partial charge in [-0.2, -0.15) is 13.5 Å². The Morgan fingerprint density at radius 3 is 2.50 bits per heavy atom. The van der Waals surface area contributed by atoms with Crippen molar-refractivity contribution in [2.45, 2.75) is 11.8 Å². The summed E-state index contributed by atoms with van der Waals surface area (Å²) in [5, 5.41) is 3.80. The van der Waals surface area contributed by atoms with Gasteiger partial charge >= 0.3 is 0 Å². The maximum absolute atomic E-state index is 12.1. The summed E-state index contributed by atoms with van der Waals surface area (Å²) in [5.74, 6) is 0.599. The molecule has 0 amide bonds.